The van der Waals surface area contributed by atoms with Crippen LogP contribution in [0.15, 0.2) is 46.0 Å². The van der Waals surface area contributed by atoms with Crippen molar-refractivity contribution in [1.82, 2.24) is 14.9 Å². The normalized spacial score (nSPS) is 25.3. The summed E-state index contributed by atoms with van der Waals surface area (Å²) in [5.74, 6) is 0.880. The van der Waals surface area contributed by atoms with Crippen LogP contribution in [-0.2, 0) is 9.84 Å². The topological polar surface area (TPSA) is 93.4 Å². The molecule has 5 rings (SSSR count). The number of amides is 1. The van der Waals surface area contributed by atoms with E-state index in [0.717, 1.165) is 48.9 Å². The van der Waals surface area contributed by atoms with Crippen molar-refractivity contribution in [1.29, 1.82) is 0 Å². The molecule has 2 aliphatic carbocycles. The number of halogens is 1. The summed E-state index contributed by atoms with van der Waals surface area (Å²) in [6.45, 7) is 0. The van der Waals surface area contributed by atoms with Gasteiger partial charge in [0, 0.05) is 42.0 Å². The molecular weight excluding hydrogens is 438 g/mol. The first-order valence-electron chi connectivity index (χ1n) is 10.1. The maximum atomic E-state index is 12.9. The van der Waals surface area contributed by atoms with Crippen LogP contribution in [0.4, 0.5) is 0 Å². The molecule has 2 aliphatic rings. The van der Waals surface area contributed by atoms with Crippen LogP contribution in [-0.4, -0.2) is 48.5 Å². The summed E-state index contributed by atoms with van der Waals surface area (Å²) in [5.41, 5.74) is 2.11. The first-order chi connectivity index (χ1) is 14.6. The molecule has 31 heavy (non-hydrogen) atoms. The highest BCUT2D eigenvalue weighted by Crippen LogP contribution is 2.62. The maximum Gasteiger partial charge on any atom is 0.253 e. The van der Waals surface area contributed by atoms with Gasteiger partial charge < -0.3 is 9.32 Å². The molecule has 0 aliphatic heterocycles. The summed E-state index contributed by atoms with van der Waals surface area (Å²) < 4.78 is 29.4. The number of sulfone groups is 1. The Morgan fingerprint density at radius 1 is 1.19 bits per heavy atom. The lowest BCUT2D eigenvalue weighted by Crippen LogP contribution is -2.56. The summed E-state index contributed by atoms with van der Waals surface area (Å²) in [7, 11) is -1.68. The number of benzene rings is 1. The zero-order valence-corrected chi connectivity index (χ0v) is 18.8. The highest BCUT2D eigenvalue weighted by Gasteiger charge is 2.55. The molecule has 0 bridgehead atoms. The number of hydrogen-bond acceptors (Lipinski definition) is 6. The number of aromatic nitrogens is 2. The third-order valence-corrected chi connectivity index (χ3v) is 7.86. The second-order valence-corrected chi connectivity index (χ2v) is 11.3. The van der Waals surface area contributed by atoms with Crippen molar-refractivity contribution in [3.63, 3.8) is 0 Å². The van der Waals surface area contributed by atoms with Crippen molar-refractivity contribution in [2.75, 3.05) is 13.3 Å². The van der Waals surface area contributed by atoms with Crippen LogP contribution in [0.5, 0.6) is 0 Å². The zero-order chi connectivity index (χ0) is 22.0. The average Bonchev–Trinajstić information content (AvgIpc) is 3.07. The number of oxazole rings is 1. The first-order valence-corrected chi connectivity index (χ1v) is 12.4. The first kappa shape index (κ1) is 20.5. The van der Waals surface area contributed by atoms with Gasteiger partial charge in [-0.25, -0.2) is 18.4 Å². The van der Waals surface area contributed by atoms with E-state index in [2.05, 4.69) is 9.97 Å². The molecule has 162 valence electrons. The number of fused-ring (bicyclic) bond motifs is 1. The minimum absolute atomic E-state index is 0.0849. The standard InChI is InChI=1S/C22H22ClN3O4S/c1-26(21(27)13-5-6-24-19(7-13)31(2,28)29)16-11-22(12-16)9-14(10-22)20-25-17-8-15(23)3-4-18(17)30-20/h3-8,14,16H,9-12H2,1-2H3. The van der Waals surface area contributed by atoms with Gasteiger partial charge >= 0.3 is 0 Å². The molecule has 0 unspecified atom stereocenters. The number of carbonyl (C=O) groups is 1. The average molecular weight is 460 g/mol. The van der Waals surface area contributed by atoms with Crippen LogP contribution >= 0.6 is 11.6 Å². The number of carbonyl (C=O) groups excluding carboxylic acids is 1. The number of rotatable bonds is 4. The van der Waals surface area contributed by atoms with Gasteiger partial charge in [0.2, 0.25) is 0 Å². The minimum atomic E-state index is -3.46. The highest BCUT2D eigenvalue weighted by molar-refractivity contribution is 7.90. The van der Waals surface area contributed by atoms with E-state index in [1.54, 1.807) is 24.1 Å². The molecule has 7 nitrogen and oxygen atoms in total. The molecule has 1 amide bonds. The lowest BCUT2D eigenvalue weighted by atomic mass is 9.49. The van der Waals surface area contributed by atoms with Gasteiger partial charge in [0.15, 0.2) is 26.3 Å². The summed E-state index contributed by atoms with van der Waals surface area (Å²) in [5, 5.41) is 0.558. The second-order valence-electron chi connectivity index (χ2n) is 8.90. The van der Waals surface area contributed by atoms with Crippen LogP contribution in [0.2, 0.25) is 5.02 Å². The van der Waals surface area contributed by atoms with Gasteiger partial charge in [0.05, 0.1) is 0 Å². The lowest BCUT2D eigenvalue weighted by Gasteiger charge is -2.58. The fourth-order valence-corrected chi connectivity index (χ4v) is 5.67. The number of pyridine rings is 1. The Bertz CT molecular complexity index is 1290. The molecule has 2 fully saturated rings. The molecular formula is C22H22ClN3O4S. The lowest BCUT2D eigenvalue weighted by molar-refractivity contribution is -0.0572. The van der Waals surface area contributed by atoms with Crippen LogP contribution in [0.3, 0.4) is 0 Å². The van der Waals surface area contributed by atoms with E-state index in [4.69, 9.17) is 16.0 Å². The molecule has 0 N–H and O–H groups in total. The molecule has 2 heterocycles. The van der Waals surface area contributed by atoms with Crippen molar-refractivity contribution in [2.24, 2.45) is 5.41 Å². The molecule has 2 aromatic heterocycles. The quantitative estimate of drug-likeness (QED) is 0.583. The van der Waals surface area contributed by atoms with Crippen LogP contribution in [0.25, 0.3) is 11.1 Å². The number of hydrogen-bond donors (Lipinski definition) is 0. The van der Waals surface area contributed by atoms with Crippen LogP contribution in [0.1, 0.15) is 47.8 Å². The Labute approximate surface area is 185 Å². The monoisotopic (exact) mass is 459 g/mol. The predicted molar refractivity (Wildman–Crippen MR) is 116 cm³/mol. The van der Waals surface area contributed by atoms with Gasteiger partial charge in [0.25, 0.3) is 5.91 Å². The van der Waals surface area contributed by atoms with Gasteiger partial charge in [-0.3, -0.25) is 4.79 Å². The third-order valence-electron chi connectivity index (χ3n) is 6.64. The summed E-state index contributed by atoms with van der Waals surface area (Å²) in [6.07, 6.45) is 6.31. The van der Waals surface area contributed by atoms with E-state index < -0.39 is 9.84 Å². The smallest absolute Gasteiger partial charge is 0.253 e. The molecule has 1 spiro atoms. The SMILES string of the molecule is CN(C(=O)c1ccnc(S(C)(=O)=O)c1)C1CC2(CC(c3nc4cc(Cl)ccc4o3)C2)C1. The van der Waals surface area contributed by atoms with Gasteiger partial charge in [-0.15, -0.1) is 0 Å². The molecule has 0 atom stereocenters. The van der Waals surface area contributed by atoms with Gasteiger partial charge in [-0.05, 0) is 61.4 Å². The van der Waals surface area contributed by atoms with Crippen molar-refractivity contribution in [3.8, 4) is 0 Å². The van der Waals surface area contributed by atoms with Gasteiger partial charge in [-0.2, -0.15) is 0 Å². The predicted octanol–water partition coefficient (Wildman–Crippen LogP) is 4.08. The van der Waals surface area contributed by atoms with E-state index >= 15 is 0 Å². The van der Waals surface area contributed by atoms with E-state index in [1.807, 2.05) is 12.1 Å². The fraction of sp³-hybridized carbons (Fsp3) is 0.409. The molecule has 2 saturated carbocycles. The Hall–Kier alpha value is -2.45. The van der Waals surface area contributed by atoms with Gasteiger partial charge in [0.1, 0.15) is 5.52 Å². The summed E-state index contributed by atoms with van der Waals surface area (Å²) in [6, 6.07) is 8.50. The highest BCUT2D eigenvalue weighted by atomic mass is 35.5. The summed E-state index contributed by atoms with van der Waals surface area (Å²) in [4.78, 5) is 23.0. The van der Waals surface area contributed by atoms with E-state index in [0.29, 0.717) is 16.5 Å². The van der Waals surface area contributed by atoms with Crippen molar-refractivity contribution < 1.29 is 17.6 Å². The summed E-state index contributed by atoms with van der Waals surface area (Å²) >= 11 is 6.03. The van der Waals surface area contributed by atoms with Crippen molar-refractivity contribution >= 4 is 38.4 Å². The van der Waals surface area contributed by atoms with E-state index in [9.17, 15) is 13.2 Å². The van der Waals surface area contributed by atoms with E-state index in [1.165, 1.54) is 12.3 Å². The van der Waals surface area contributed by atoms with E-state index in [-0.39, 0.29) is 22.4 Å². The molecule has 9 heteroatoms. The maximum absolute atomic E-state index is 12.9. The molecule has 0 saturated heterocycles. The minimum Gasteiger partial charge on any atom is -0.440 e. The fourth-order valence-electron chi connectivity index (χ4n) is 4.92. The molecule has 0 radical (unpaired) electrons. The Kier molecular flexibility index (Phi) is 4.64. The number of nitrogens with zero attached hydrogens (tertiary/aromatic N) is 3. The Balaban J connectivity index is 1.21. The zero-order valence-electron chi connectivity index (χ0n) is 17.2. The molecule has 3 aromatic rings. The third kappa shape index (κ3) is 3.61. The largest absolute Gasteiger partial charge is 0.440 e. The van der Waals surface area contributed by atoms with Crippen molar-refractivity contribution in [3.05, 3.63) is 53.0 Å². The second kappa shape index (κ2) is 7.03. The van der Waals surface area contributed by atoms with Crippen LogP contribution < -0.4 is 0 Å². The molecule has 1 aromatic carbocycles. The van der Waals surface area contributed by atoms with Gasteiger partial charge in [-0.1, -0.05) is 11.6 Å². The van der Waals surface area contributed by atoms with Crippen LogP contribution in [0, 0.1) is 5.41 Å². The Morgan fingerprint density at radius 2 is 1.94 bits per heavy atom. The van der Waals surface area contributed by atoms with Crippen molar-refractivity contribution in [2.45, 2.75) is 42.7 Å². The Morgan fingerprint density at radius 3 is 2.65 bits per heavy atom.